The molecule has 0 unspecified atom stereocenters. The Morgan fingerprint density at radius 1 is 1.27 bits per heavy atom. The number of hydrogen-bond donors (Lipinski definition) is 1. The Morgan fingerprint density at radius 2 is 2.12 bits per heavy atom. The number of rotatable bonds is 7. The van der Waals surface area contributed by atoms with E-state index in [-0.39, 0.29) is 5.91 Å². The fraction of sp³-hybridized carbons (Fsp3) is 0.400. The number of ether oxygens (including phenoxy) is 1. The summed E-state index contributed by atoms with van der Waals surface area (Å²) in [5.41, 5.74) is 2.59. The minimum atomic E-state index is -0.129. The van der Waals surface area contributed by atoms with Gasteiger partial charge in [-0.2, -0.15) is 0 Å². The number of morpholine rings is 1. The van der Waals surface area contributed by atoms with Crippen LogP contribution in [0, 0.1) is 0 Å². The van der Waals surface area contributed by atoms with Crippen molar-refractivity contribution in [1.29, 1.82) is 0 Å². The van der Waals surface area contributed by atoms with Gasteiger partial charge >= 0.3 is 0 Å². The zero-order chi connectivity index (χ0) is 18.2. The number of amides is 1. The number of benzene rings is 1. The van der Waals surface area contributed by atoms with E-state index in [0.717, 1.165) is 55.7 Å². The van der Waals surface area contributed by atoms with E-state index in [0.29, 0.717) is 5.56 Å². The zero-order valence-electron chi connectivity index (χ0n) is 15.1. The SMILES string of the molecule is CCc1cccc(NC(=O)c2ccc(SCCN3CCOCC3)nc2)c1. The normalized spacial score (nSPS) is 15.0. The molecule has 6 heteroatoms. The highest BCUT2D eigenvalue weighted by Crippen LogP contribution is 2.17. The van der Waals surface area contributed by atoms with Crippen molar-refractivity contribution >= 4 is 23.4 Å². The number of carbonyl (C=O) groups is 1. The van der Waals surface area contributed by atoms with Crippen LogP contribution >= 0.6 is 11.8 Å². The van der Waals surface area contributed by atoms with Gasteiger partial charge in [0.1, 0.15) is 0 Å². The first kappa shape index (κ1) is 18.9. The monoisotopic (exact) mass is 371 g/mol. The van der Waals surface area contributed by atoms with Crippen LogP contribution in [-0.4, -0.2) is 54.4 Å². The van der Waals surface area contributed by atoms with Gasteiger partial charge in [-0.3, -0.25) is 9.69 Å². The van der Waals surface area contributed by atoms with Crippen LogP contribution in [0.3, 0.4) is 0 Å². The molecule has 5 nitrogen and oxygen atoms in total. The summed E-state index contributed by atoms with van der Waals surface area (Å²) in [6, 6.07) is 11.7. The highest BCUT2D eigenvalue weighted by molar-refractivity contribution is 7.99. The van der Waals surface area contributed by atoms with Crippen molar-refractivity contribution in [3.05, 3.63) is 53.7 Å². The van der Waals surface area contributed by atoms with Gasteiger partial charge in [0.25, 0.3) is 5.91 Å². The van der Waals surface area contributed by atoms with Crippen molar-refractivity contribution in [3.63, 3.8) is 0 Å². The molecule has 0 aliphatic carbocycles. The molecule has 1 N–H and O–H groups in total. The molecule has 0 spiro atoms. The van der Waals surface area contributed by atoms with Crippen LogP contribution in [0.2, 0.25) is 0 Å². The summed E-state index contributed by atoms with van der Waals surface area (Å²) in [6.07, 6.45) is 2.59. The molecule has 1 saturated heterocycles. The van der Waals surface area contributed by atoms with Crippen LogP contribution in [0.5, 0.6) is 0 Å². The van der Waals surface area contributed by atoms with Crippen LogP contribution in [-0.2, 0) is 11.2 Å². The second kappa shape index (κ2) is 9.71. The highest BCUT2D eigenvalue weighted by Gasteiger charge is 2.10. The van der Waals surface area contributed by atoms with Crippen molar-refractivity contribution in [2.45, 2.75) is 18.4 Å². The molecule has 1 aromatic heterocycles. The third-order valence-corrected chi connectivity index (χ3v) is 5.28. The van der Waals surface area contributed by atoms with Gasteiger partial charge in [0.2, 0.25) is 0 Å². The van der Waals surface area contributed by atoms with Crippen molar-refractivity contribution in [1.82, 2.24) is 9.88 Å². The molecule has 0 radical (unpaired) electrons. The number of aryl methyl sites for hydroxylation is 1. The summed E-state index contributed by atoms with van der Waals surface area (Å²) < 4.78 is 5.36. The standard InChI is InChI=1S/C20H25N3O2S/c1-2-16-4-3-5-18(14-16)22-20(24)17-6-7-19(21-15-17)26-13-10-23-8-11-25-12-9-23/h3-7,14-15H,2,8-13H2,1H3,(H,22,24). The molecule has 0 saturated carbocycles. The molecule has 26 heavy (non-hydrogen) atoms. The molecule has 1 fully saturated rings. The molecule has 1 aliphatic heterocycles. The van der Waals surface area contributed by atoms with Crippen molar-refractivity contribution in [2.75, 3.05) is 43.9 Å². The minimum Gasteiger partial charge on any atom is -0.379 e. The van der Waals surface area contributed by atoms with Crippen LogP contribution in [0.15, 0.2) is 47.6 Å². The van der Waals surface area contributed by atoms with E-state index < -0.39 is 0 Å². The van der Waals surface area contributed by atoms with E-state index in [1.54, 1.807) is 18.0 Å². The Hall–Kier alpha value is -1.89. The molecule has 2 aromatic rings. The van der Waals surface area contributed by atoms with Crippen molar-refractivity contribution in [3.8, 4) is 0 Å². The largest absolute Gasteiger partial charge is 0.379 e. The number of hydrogen-bond acceptors (Lipinski definition) is 5. The summed E-state index contributed by atoms with van der Waals surface area (Å²) in [5.74, 6) is 0.859. The Bertz CT molecular complexity index is 715. The maximum Gasteiger partial charge on any atom is 0.257 e. The van der Waals surface area contributed by atoms with Crippen LogP contribution < -0.4 is 5.32 Å². The van der Waals surface area contributed by atoms with Gasteiger partial charge in [-0.15, -0.1) is 11.8 Å². The second-order valence-electron chi connectivity index (χ2n) is 6.20. The Labute approximate surface area is 159 Å². The third kappa shape index (κ3) is 5.56. The number of anilines is 1. The smallest absolute Gasteiger partial charge is 0.257 e. The molecule has 2 heterocycles. The van der Waals surface area contributed by atoms with Gasteiger partial charge in [0.15, 0.2) is 0 Å². The molecule has 3 rings (SSSR count). The fourth-order valence-electron chi connectivity index (χ4n) is 2.78. The lowest BCUT2D eigenvalue weighted by Crippen LogP contribution is -2.37. The van der Waals surface area contributed by atoms with Gasteiger partial charge in [0.05, 0.1) is 23.8 Å². The molecule has 0 atom stereocenters. The highest BCUT2D eigenvalue weighted by atomic mass is 32.2. The van der Waals surface area contributed by atoms with Gasteiger partial charge < -0.3 is 10.1 Å². The zero-order valence-corrected chi connectivity index (χ0v) is 15.9. The molecule has 1 aliphatic rings. The predicted octanol–water partition coefficient (Wildman–Crippen LogP) is 3.32. The van der Waals surface area contributed by atoms with Crippen molar-refractivity contribution in [2.24, 2.45) is 0 Å². The summed E-state index contributed by atoms with van der Waals surface area (Å²) in [7, 11) is 0. The Kier molecular flexibility index (Phi) is 7.05. The molecule has 1 amide bonds. The van der Waals surface area contributed by atoms with E-state index in [9.17, 15) is 4.79 Å². The van der Waals surface area contributed by atoms with Gasteiger partial charge in [-0.05, 0) is 36.2 Å². The maximum atomic E-state index is 12.4. The predicted molar refractivity (Wildman–Crippen MR) is 106 cm³/mol. The number of pyridine rings is 1. The first-order valence-electron chi connectivity index (χ1n) is 9.04. The topological polar surface area (TPSA) is 54.5 Å². The van der Waals surface area contributed by atoms with Gasteiger partial charge in [-0.25, -0.2) is 4.98 Å². The first-order chi connectivity index (χ1) is 12.7. The maximum absolute atomic E-state index is 12.4. The molecule has 138 valence electrons. The van der Waals surface area contributed by atoms with Crippen LogP contribution in [0.4, 0.5) is 5.69 Å². The average Bonchev–Trinajstić information content (AvgIpc) is 2.69. The number of nitrogens with zero attached hydrogens (tertiary/aromatic N) is 2. The Morgan fingerprint density at radius 3 is 2.85 bits per heavy atom. The summed E-state index contributed by atoms with van der Waals surface area (Å²) in [6.45, 7) is 6.80. The van der Waals surface area contributed by atoms with E-state index >= 15 is 0 Å². The second-order valence-corrected chi connectivity index (χ2v) is 7.31. The lowest BCUT2D eigenvalue weighted by Gasteiger charge is -2.26. The number of nitrogens with one attached hydrogen (secondary N) is 1. The Balaban J connectivity index is 1.49. The van der Waals surface area contributed by atoms with Gasteiger partial charge in [-0.1, -0.05) is 19.1 Å². The summed E-state index contributed by atoms with van der Waals surface area (Å²) >= 11 is 1.72. The number of aromatic nitrogens is 1. The molecular weight excluding hydrogens is 346 g/mol. The number of thioether (sulfide) groups is 1. The lowest BCUT2D eigenvalue weighted by atomic mass is 10.1. The van der Waals surface area contributed by atoms with Gasteiger partial charge in [0, 0.05) is 37.3 Å². The minimum absolute atomic E-state index is 0.129. The van der Waals surface area contributed by atoms with E-state index in [1.165, 1.54) is 5.56 Å². The average molecular weight is 372 g/mol. The molecule has 0 bridgehead atoms. The fourth-order valence-corrected chi connectivity index (χ4v) is 3.63. The van der Waals surface area contributed by atoms with E-state index in [1.807, 2.05) is 30.3 Å². The van der Waals surface area contributed by atoms with Crippen LogP contribution in [0.1, 0.15) is 22.8 Å². The molecule has 1 aromatic carbocycles. The molecular formula is C20H25N3O2S. The first-order valence-corrected chi connectivity index (χ1v) is 10.0. The van der Waals surface area contributed by atoms with Crippen LogP contribution in [0.25, 0.3) is 0 Å². The van der Waals surface area contributed by atoms with E-state index in [2.05, 4.69) is 28.2 Å². The third-order valence-electron chi connectivity index (χ3n) is 4.35. The summed E-state index contributed by atoms with van der Waals surface area (Å²) in [5, 5.41) is 3.88. The van der Waals surface area contributed by atoms with E-state index in [4.69, 9.17) is 4.74 Å². The summed E-state index contributed by atoms with van der Waals surface area (Å²) in [4.78, 5) is 19.2. The van der Waals surface area contributed by atoms with Crippen molar-refractivity contribution < 1.29 is 9.53 Å². The number of carbonyl (C=O) groups excluding carboxylic acids is 1. The lowest BCUT2D eigenvalue weighted by molar-refractivity contribution is 0.0410. The quantitative estimate of drug-likeness (QED) is 0.757.